The summed E-state index contributed by atoms with van der Waals surface area (Å²) in [6.45, 7) is 1.57. The molecule has 6 heteroatoms. The highest BCUT2D eigenvalue weighted by atomic mass is 35.5. The summed E-state index contributed by atoms with van der Waals surface area (Å²) in [6.07, 6.45) is 0.818. The lowest BCUT2D eigenvalue weighted by Crippen LogP contribution is -2.25. The standard InChI is InChI=1S/C13H11Cl2NO3/c1-7(13(17)18-2)19-12-10(15)6-9(14)8-4-3-5-16-11(8)12/h3-7H,1-2H3. The van der Waals surface area contributed by atoms with Gasteiger partial charge in [0.2, 0.25) is 0 Å². The van der Waals surface area contributed by atoms with Crippen molar-refractivity contribution in [3.63, 3.8) is 0 Å². The second kappa shape index (κ2) is 5.63. The second-order valence-electron chi connectivity index (χ2n) is 3.85. The predicted octanol–water partition coefficient (Wildman–Crippen LogP) is 3.48. The lowest BCUT2D eigenvalue weighted by molar-refractivity contribution is -0.147. The van der Waals surface area contributed by atoms with Crippen LogP contribution in [-0.2, 0) is 9.53 Å². The van der Waals surface area contributed by atoms with Gasteiger partial charge >= 0.3 is 5.97 Å². The van der Waals surface area contributed by atoms with E-state index in [-0.39, 0.29) is 0 Å². The summed E-state index contributed by atoms with van der Waals surface area (Å²) >= 11 is 12.2. The third-order valence-electron chi connectivity index (χ3n) is 2.58. The SMILES string of the molecule is COC(=O)C(C)Oc1c(Cl)cc(Cl)c2cccnc12. The predicted molar refractivity (Wildman–Crippen MR) is 73.9 cm³/mol. The molecule has 19 heavy (non-hydrogen) atoms. The van der Waals surface area contributed by atoms with Crippen molar-refractivity contribution in [3.05, 3.63) is 34.4 Å². The molecule has 100 valence electrons. The zero-order chi connectivity index (χ0) is 14.0. The molecule has 0 radical (unpaired) electrons. The Kier molecular flexibility index (Phi) is 4.12. The zero-order valence-electron chi connectivity index (χ0n) is 10.3. The van der Waals surface area contributed by atoms with Crippen LogP contribution in [0.1, 0.15) is 6.92 Å². The van der Waals surface area contributed by atoms with Crippen molar-refractivity contribution in [2.45, 2.75) is 13.0 Å². The maximum absolute atomic E-state index is 11.4. The number of benzene rings is 1. The summed E-state index contributed by atoms with van der Waals surface area (Å²) in [4.78, 5) is 15.6. The summed E-state index contributed by atoms with van der Waals surface area (Å²) in [5, 5.41) is 1.48. The highest BCUT2D eigenvalue weighted by Gasteiger charge is 2.19. The first kappa shape index (κ1) is 13.9. The van der Waals surface area contributed by atoms with E-state index in [1.165, 1.54) is 7.11 Å². The maximum atomic E-state index is 11.4. The molecule has 0 saturated heterocycles. The highest BCUT2D eigenvalue weighted by molar-refractivity contribution is 6.39. The highest BCUT2D eigenvalue weighted by Crippen LogP contribution is 2.37. The Labute approximate surface area is 120 Å². The lowest BCUT2D eigenvalue weighted by atomic mass is 10.2. The average molecular weight is 300 g/mol. The quantitative estimate of drug-likeness (QED) is 0.814. The van der Waals surface area contributed by atoms with E-state index in [0.717, 1.165) is 0 Å². The number of esters is 1. The number of hydrogen-bond acceptors (Lipinski definition) is 4. The molecule has 2 aromatic rings. The number of rotatable bonds is 3. The van der Waals surface area contributed by atoms with Gasteiger partial charge in [0.05, 0.1) is 17.2 Å². The smallest absolute Gasteiger partial charge is 0.346 e. The fourth-order valence-electron chi connectivity index (χ4n) is 1.65. The van der Waals surface area contributed by atoms with Crippen molar-refractivity contribution in [2.24, 2.45) is 0 Å². The second-order valence-corrected chi connectivity index (χ2v) is 4.67. The Balaban J connectivity index is 2.51. The van der Waals surface area contributed by atoms with Crippen LogP contribution < -0.4 is 4.74 Å². The summed E-state index contributed by atoms with van der Waals surface area (Å²) in [6, 6.07) is 5.12. The Morgan fingerprint density at radius 2 is 2.11 bits per heavy atom. The van der Waals surface area contributed by atoms with Crippen molar-refractivity contribution < 1.29 is 14.3 Å². The number of ether oxygens (including phenoxy) is 2. The molecule has 0 spiro atoms. The topological polar surface area (TPSA) is 48.4 Å². The molecule has 0 amide bonds. The van der Waals surface area contributed by atoms with Gasteiger partial charge in [0, 0.05) is 11.6 Å². The van der Waals surface area contributed by atoms with Gasteiger partial charge in [-0.15, -0.1) is 0 Å². The number of carbonyl (C=O) groups excluding carboxylic acids is 1. The molecular formula is C13H11Cl2NO3. The van der Waals surface area contributed by atoms with Gasteiger partial charge in [-0.3, -0.25) is 4.98 Å². The van der Waals surface area contributed by atoms with Gasteiger partial charge in [0.15, 0.2) is 11.9 Å². The van der Waals surface area contributed by atoms with E-state index in [2.05, 4.69) is 9.72 Å². The fourth-order valence-corrected chi connectivity index (χ4v) is 2.21. The molecule has 1 unspecified atom stereocenters. The van der Waals surface area contributed by atoms with Crippen molar-refractivity contribution in [2.75, 3.05) is 7.11 Å². The van der Waals surface area contributed by atoms with Crippen LogP contribution in [0.5, 0.6) is 5.75 Å². The molecule has 0 aliphatic heterocycles. The van der Waals surface area contributed by atoms with Crippen LogP contribution in [0.15, 0.2) is 24.4 Å². The molecule has 0 N–H and O–H groups in total. The van der Waals surface area contributed by atoms with E-state index >= 15 is 0 Å². The third-order valence-corrected chi connectivity index (χ3v) is 3.17. The third kappa shape index (κ3) is 2.74. The summed E-state index contributed by atoms with van der Waals surface area (Å²) in [5.41, 5.74) is 0.510. The molecule has 2 rings (SSSR count). The van der Waals surface area contributed by atoms with Gasteiger partial charge in [0.25, 0.3) is 0 Å². The number of pyridine rings is 1. The largest absolute Gasteiger partial charge is 0.475 e. The molecule has 1 aromatic heterocycles. The molecule has 4 nitrogen and oxygen atoms in total. The molecule has 0 saturated carbocycles. The number of fused-ring (bicyclic) bond motifs is 1. The van der Waals surface area contributed by atoms with Crippen LogP contribution in [0, 0.1) is 0 Å². The maximum Gasteiger partial charge on any atom is 0.346 e. The van der Waals surface area contributed by atoms with Crippen molar-refractivity contribution in [1.82, 2.24) is 4.98 Å². The number of methoxy groups -OCH3 is 1. The number of nitrogens with zero attached hydrogens (tertiary/aromatic N) is 1. The molecule has 1 heterocycles. The lowest BCUT2D eigenvalue weighted by Gasteiger charge is -2.15. The minimum Gasteiger partial charge on any atom is -0.475 e. The molecular weight excluding hydrogens is 289 g/mol. The van der Waals surface area contributed by atoms with E-state index in [1.807, 2.05) is 0 Å². The van der Waals surface area contributed by atoms with E-state index in [1.54, 1.807) is 31.3 Å². The zero-order valence-corrected chi connectivity index (χ0v) is 11.8. The average Bonchev–Trinajstić information content (AvgIpc) is 2.42. The molecule has 0 bridgehead atoms. The number of hydrogen-bond donors (Lipinski definition) is 0. The van der Waals surface area contributed by atoms with Crippen LogP contribution in [-0.4, -0.2) is 24.2 Å². The van der Waals surface area contributed by atoms with Crippen LogP contribution >= 0.6 is 23.2 Å². The Morgan fingerprint density at radius 1 is 1.37 bits per heavy atom. The first-order chi connectivity index (χ1) is 9.04. The van der Waals surface area contributed by atoms with Crippen molar-refractivity contribution in [3.8, 4) is 5.75 Å². The van der Waals surface area contributed by atoms with E-state index in [0.29, 0.717) is 26.7 Å². The molecule has 0 aliphatic carbocycles. The summed E-state index contributed by atoms with van der Waals surface area (Å²) < 4.78 is 10.1. The minimum atomic E-state index is -0.783. The monoisotopic (exact) mass is 299 g/mol. The minimum absolute atomic E-state index is 0.298. The number of halogens is 2. The Bertz CT molecular complexity index is 631. The van der Waals surface area contributed by atoms with E-state index in [4.69, 9.17) is 27.9 Å². The van der Waals surface area contributed by atoms with Crippen LogP contribution in [0.25, 0.3) is 10.9 Å². The Morgan fingerprint density at radius 3 is 2.79 bits per heavy atom. The number of aromatic nitrogens is 1. The molecule has 0 aliphatic rings. The van der Waals surface area contributed by atoms with Gasteiger partial charge < -0.3 is 9.47 Å². The first-order valence-corrected chi connectivity index (χ1v) is 6.27. The van der Waals surface area contributed by atoms with Crippen LogP contribution in [0.3, 0.4) is 0 Å². The van der Waals surface area contributed by atoms with Gasteiger partial charge in [0.1, 0.15) is 5.52 Å². The first-order valence-electron chi connectivity index (χ1n) is 5.51. The van der Waals surface area contributed by atoms with Gasteiger partial charge in [-0.05, 0) is 25.1 Å². The summed E-state index contributed by atoms with van der Waals surface area (Å²) in [5.74, 6) is -0.172. The van der Waals surface area contributed by atoms with Gasteiger partial charge in [-0.1, -0.05) is 23.2 Å². The molecule has 1 atom stereocenters. The van der Waals surface area contributed by atoms with Crippen molar-refractivity contribution >= 4 is 40.1 Å². The number of carbonyl (C=O) groups is 1. The van der Waals surface area contributed by atoms with E-state index in [9.17, 15) is 4.79 Å². The fraction of sp³-hybridized carbons (Fsp3) is 0.231. The van der Waals surface area contributed by atoms with Gasteiger partial charge in [-0.2, -0.15) is 0 Å². The van der Waals surface area contributed by atoms with Crippen LogP contribution in [0.2, 0.25) is 10.0 Å². The normalized spacial score (nSPS) is 12.2. The van der Waals surface area contributed by atoms with Crippen LogP contribution in [0.4, 0.5) is 0 Å². The van der Waals surface area contributed by atoms with Gasteiger partial charge in [-0.25, -0.2) is 4.79 Å². The Hall–Kier alpha value is -1.52. The summed E-state index contributed by atoms with van der Waals surface area (Å²) in [7, 11) is 1.29. The van der Waals surface area contributed by atoms with Crippen molar-refractivity contribution in [1.29, 1.82) is 0 Å². The van der Waals surface area contributed by atoms with E-state index < -0.39 is 12.1 Å². The molecule has 0 fully saturated rings. The molecule has 1 aromatic carbocycles.